The summed E-state index contributed by atoms with van der Waals surface area (Å²) in [5.74, 6) is 2.08. The first-order valence-corrected chi connectivity index (χ1v) is 7.47. The summed E-state index contributed by atoms with van der Waals surface area (Å²) in [5.41, 5.74) is 1.47. The van der Waals surface area contributed by atoms with Gasteiger partial charge in [-0.25, -0.2) is 4.68 Å². The molecule has 1 aromatic heterocycles. The van der Waals surface area contributed by atoms with E-state index in [-0.39, 0.29) is 0 Å². The fourth-order valence-corrected chi connectivity index (χ4v) is 2.44. The zero-order chi connectivity index (χ0) is 15.4. The number of hydrogen-bond acceptors (Lipinski definition) is 5. The predicted molar refractivity (Wildman–Crippen MR) is 80.5 cm³/mol. The maximum Gasteiger partial charge on any atom is 0.172 e. The molecule has 1 aromatic carbocycles. The lowest BCUT2D eigenvalue weighted by Gasteiger charge is -2.08. The first kappa shape index (κ1) is 14.6. The van der Waals surface area contributed by atoms with E-state index in [1.165, 1.54) is 0 Å². The molecule has 0 amide bonds. The molecule has 3 rings (SSSR count). The topological polar surface area (TPSA) is 66.2 Å². The molecule has 2 aromatic rings. The van der Waals surface area contributed by atoms with Crippen LogP contribution in [0.1, 0.15) is 41.4 Å². The highest BCUT2D eigenvalue weighted by Gasteiger charge is 2.30. The number of hydrogen-bond donors (Lipinski definition) is 0. The minimum absolute atomic E-state index is 0.456. The summed E-state index contributed by atoms with van der Waals surface area (Å²) < 4.78 is 12.6. The van der Waals surface area contributed by atoms with Crippen LogP contribution in [0.4, 0.5) is 0 Å². The lowest BCUT2D eigenvalue weighted by Crippen LogP contribution is -2.09. The van der Waals surface area contributed by atoms with Crippen molar-refractivity contribution in [2.45, 2.75) is 31.7 Å². The van der Waals surface area contributed by atoms with E-state index in [1.54, 1.807) is 7.11 Å². The molecule has 0 spiro atoms. The van der Waals surface area contributed by atoms with Crippen molar-refractivity contribution < 1.29 is 14.3 Å². The number of aromatic nitrogens is 3. The molecule has 22 heavy (non-hydrogen) atoms. The Balaban J connectivity index is 1.50. The molecule has 1 aliphatic rings. The van der Waals surface area contributed by atoms with Crippen molar-refractivity contribution in [1.29, 1.82) is 0 Å². The second kappa shape index (κ2) is 6.60. The van der Waals surface area contributed by atoms with Crippen molar-refractivity contribution in [2.75, 3.05) is 13.7 Å². The second-order valence-corrected chi connectivity index (χ2v) is 5.35. The van der Waals surface area contributed by atoms with Gasteiger partial charge in [0.2, 0.25) is 0 Å². The molecule has 0 atom stereocenters. The van der Waals surface area contributed by atoms with Crippen molar-refractivity contribution in [3.63, 3.8) is 0 Å². The fourth-order valence-electron chi connectivity index (χ4n) is 2.44. The monoisotopic (exact) mass is 301 g/mol. The first-order chi connectivity index (χ1) is 10.8. The van der Waals surface area contributed by atoms with Crippen molar-refractivity contribution in [3.8, 4) is 11.5 Å². The normalized spacial score (nSPS) is 13.9. The Morgan fingerprint density at radius 2 is 2.00 bits per heavy atom. The summed E-state index contributed by atoms with van der Waals surface area (Å²) in [6, 6.07) is 7.51. The molecule has 0 bridgehead atoms. The molecule has 0 N–H and O–H groups in total. The Hall–Kier alpha value is -2.37. The number of ether oxygens (including phenoxy) is 2. The van der Waals surface area contributed by atoms with Gasteiger partial charge in [0.15, 0.2) is 6.29 Å². The zero-order valence-corrected chi connectivity index (χ0v) is 12.6. The van der Waals surface area contributed by atoms with Crippen LogP contribution in [0.3, 0.4) is 0 Å². The smallest absolute Gasteiger partial charge is 0.172 e. The highest BCUT2D eigenvalue weighted by atomic mass is 16.5. The van der Waals surface area contributed by atoms with E-state index in [0.29, 0.717) is 24.8 Å². The van der Waals surface area contributed by atoms with Crippen LogP contribution in [-0.4, -0.2) is 35.0 Å². The fraction of sp³-hybridized carbons (Fsp3) is 0.438. The number of carbonyl (C=O) groups excluding carboxylic acids is 1. The summed E-state index contributed by atoms with van der Waals surface area (Å²) in [5, 5.41) is 8.02. The maximum atomic E-state index is 11.0. The second-order valence-electron chi connectivity index (χ2n) is 5.35. The van der Waals surface area contributed by atoms with Gasteiger partial charge in [-0.3, -0.25) is 4.79 Å². The molecule has 0 aliphatic heterocycles. The highest BCUT2D eigenvalue weighted by molar-refractivity contribution is 5.73. The predicted octanol–water partition coefficient (Wildman–Crippen LogP) is 2.45. The molecule has 0 unspecified atom stereocenters. The molecule has 116 valence electrons. The number of carbonyl (C=O) groups is 1. The molecule has 1 fully saturated rings. The van der Waals surface area contributed by atoms with Crippen LogP contribution in [0.5, 0.6) is 11.5 Å². The Kier molecular flexibility index (Phi) is 4.37. The van der Waals surface area contributed by atoms with Gasteiger partial charge in [0.05, 0.1) is 19.4 Å². The third-order valence-electron chi connectivity index (χ3n) is 3.72. The molecule has 0 radical (unpaired) electrons. The molecule has 1 saturated carbocycles. The number of rotatable bonds is 8. The SMILES string of the molecule is COc1ccc(OCCCn2nnc(C=O)c2C2CC2)cc1. The summed E-state index contributed by atoms with van der Waals surface area (Å²) >= 11 is 0. The van der Waals surface area contributed by atoms with Crippen LogP contribution in [-0.2, 0) is 6.54 Å². The number of nitrogens with zero attached hydrogens (tertiary/aromatic N) is 3. The van der Waals surface area contributed by atoms with Crippen molar-refractivity contribution in [1.82, 2.24) is 15.0 Å². The molecule has 6 heteroatoms. The van der Waals surface area contributed by atoms with Gasteiger partial charge in [-0.15, -0.1) is 5.10 Å². The zero-order valence-electron chi connectivity index (χ0n) is 12.6. The van der Waals surface area contributed by atoms with Crippen LogP contribution < -0.4 is 9.47 Å². The largest absolute Gasteiger partial charge is 0.497 e. The minimum Gasteiger partial charge on any atom is -0.497 e. The summed E-state index contributed by atoms with van der Waals surface area (Å²) in [6.07, 6.45) is 3.85. The standard InChI is InChI=1S/C16H19N3O3/c1-21-13-5-7-14(8-6-13)22-10-2-9-19-16(12-3-4-12)15(11-20)17-18-19/h5-8,11-12H,2-4,9-10H2,1H3. The van der Waals surface area contributed by atoms with E-state index in [2.05, 4.69) is 10.3 Å². The summed E-state index contributed by atoms with van der Waals surface area (Å²) in [6.45, 7) is 1.30. The van der Waals surface area contributed by atoms with Crippen molar-refractivity contribution in [3.05, 3.63) is 35.7 Å². The van der Waals surface area contributed by atoms with E-state index in [4.69, 9.17) is 9.47 Å². The number of methoxy groups -OCH3 is 1. The Labute approximate surface area is 129 Å². The number of aryl methyl sites for hydroxylation is 1. The lowest BCUT2D eigenvalue weighted by atomic mass is 10.2. The van der Waals surface area contributed by atoms with Crippen molar-refractivity contribution >= 4 is 6.29 Å². The maximum absolute atomic E-state index is 11.0. The van der Waals surface area contributed by atoms with Crippen LogP contribution in [0.25, 0.3) is 0 Å². The molecular formula is C16H19N3O3. The molecular weight excluding hydrogens is 282 g/mol. The van der Waals surface area contributed by atoms with E-state index in [1.807, 2.05) is 28.9 Å². The minimum atomic E-state index is 0.456. The van der Waals surface area contributed by atoms with Gasteiger partial charge in [0.1, 0.15) is 17.2 Å². The van der Waals surface area contributed by atoms with Crippen LogP contribution >= 0.6 is 0 Å². The van der Waals surface area contributed by atoms with Gasteiger partial charge < -0.3 is 9.47 Å². The van der Waals surface area contributed by atoms with E-state index in [9.17, 15) is 4.79 Å². The average Bonchev–Trinajstić information content (AvgIpc) is 3.32. The van der Waals surface area contributed by atoms with E-state index >= 15 is 0 Å². The molecule has 1 heterocycles. The van der Waals surface area contributed by atoms with Gasteiger partial charge in [-0.1, -0.05) is 5.21 Å². The van der Waals surface area contributed by atoms with Gasteiger partial charge in [0.25, 0.3) is 0 Å². The molecule has 0 saturated heterocycles. The summed E-state index contributed by atoms with van der Waals surface area (Å²) in [4.78, 5) is 11.0. The molecule has 1 aliphatic carbocycles. The average molecular weight is 301 g/mol. The van der Waals surface area contributed by atoms with E-state index < -0.39 is 0 Å². The Morgan fingerprint density at radius 1 is 1.27 bits per heavy atom. The third-order valence-corrected chi connectivity index (χ3v) is 3.72. The van der Waals surface area contributed by atoms with Crippen LogP contribution in [0.2, 0.25) is 0 Å². The quantitative estimate of drug-likeness (QED) is 0.553. The summed E-state index contributed by atoms with van der Waals surface area (Å²) in [7, 11) is 1.64. The Morgan fingerprint density at radius 3 is 2.64 bits per heavy atom. The Bertz CT molecular complexity index is 633. The van der Waals surface area contributed by atoms with Gasteiger partial charge >= 0.3 is 0 Å². The third kappa shape index (κ3) is 3.27. The van der Waals surface area contributed by atoms with Gasteiger partial charge in [-0.2, -0.15) is 0 Å². The van der Waals surface area contributed by atoms with Gasteiger partial charge in [-0.05, 0) is 37.1 Å². The van der Waals surface area contributed by atoms with Crippen LogP contribution in [0, 0.1) is 0 Å². The number of aldehydes is 1. The molecule has 6 nitrogen and oxygen atoms in total. The van der Waals surface area contributed by atoms with Gasteiger partial charge in [0, 0.05) is 18.9 Å². The highest BCUT2D eigenvalue weighted by Crippen LogP contribution is 2.40. The number of benzene rings is 1. The van der Waals surface area contributed by atoms with Crippen LogP contribution in [0.15, 0.2) is 24.3 Å². The first-order valence-electron chi connectivity index (χ1n) is 7.47. The lowest BCUT2D eigenvalue weighted by molar-refractivity contribution is 0.111. The van der Waals surface area contributed by atoms with Crippen molar-refractivity contribution in [2.24, 2.45) is 0 Å². The van der Waals surface area contributed by atoms with E-state index in [0.717, 1.165) is 42.7 Å².